The van der Waals surface area contributed by atoms with Gasteiger partial charge in [0, 0.05) is 41.0 Å². The van der Waals surface area contributed by atoms with E-state index in [1.165, 1.54) is 22.7 Å². The Bertz CT molecular complexity index is 999. The van der Waals surface area contributed by atoms with E-state index in [4.69, 9.17) is 4.74 Å². The number of rotatable bonds is 5. The predicted molar refractivity (Wildman–Crippen MR) is 113 cm³/mol. The lowest BCUT2D eigenvalue weighted by atomic mass is 10.1. The zero-order valence-electron chi connectivity index (χ0n) is 16.5. The van der Waals surface area contributed by atoms with E-state index in [1.54, 1.807) is 0 Å². The molecule has 0 spiro atoms. The number of amides is 1. The van der Waals surface area contributed by atoms with Crippen LogP contribution in [-0.2, 0) is 11.3 Å². The molecule has 1 saturated heterocycles. The molecule has 28 heavy (non-hydrogen) atoms. The van der Waals surface area contributed by atoms with E-state index in [9.17, 15) is 4.79 Å². The largest absolute Gasteiger partial charge is 0.376 e. The number of nitrogens with one attached hydrogen (secondary N) is 1. The molecule has 1 fully saturated rings. The molecule has 0 aliphatic carbocycles. The number of benzene rings is 1. The Hall–Kier alpha value is -2.44. The Balaban J connectivity index is 1.52. The summed E-state index contributed by atoms with van der Waals surface area (Å²) in [4.78, 5) is 17.1. The Morgan fingerprint density at radius 3 is 2.93 bits per heavy atom. The first-order chi connectivity index (χ1) is 13.5. The lowest BCUT2D eigenvalue weighted by Gasteiger charge is -2.14. The number of hydrogen-bond donors (Lipinski definition) is 1. The maximum Gasteiger partial charge on any atom is 0.257 e. The second kappa shape index (κ2) is 7.89. The standard InChI is InChI=1S/C22H25N3O2S/c1-14-6-4-7-17(10-14)21(26)24-22-23-20(13-28-22)19-11-15(2)25(16(19)3)12-18-8-5-9-27-18/h4,6-7,10-11,13,18H,5,8-9,12H2,1-3H3,(H,23,24,26). The Morgan fingerprint density at radius 1 is 1.32 bits per heavy atom. The molecule has 0 saturated carbocycles. The Labute approximate surface area is 169 Å². The fourth-order valence-electron chi connectivity index (χ4n) is 3.74. The molecule has 1 atom stereocenters. The molecule has 1 aromatic carbocycles. The van der Waals surface area contributed by atoms with E-state index < -0.39 is 0 Å². The number of ether oxygens (including phenoxy) is 1. The third-order valence-electron chi connectivity index (χ3n) is 5.26. The zero-order valence-corrected chi connectivity index (χ0v) is 17.3. The normalized spacial score (nSPS) is 16.5. The van der Waals surface area contributed by atoms with Gasteiger partial charge in [0.25, 0.3) is 5.91 Å². The highest BCUT2D eigenvalue weighted by Gasteiger charge is 2.20. The van der Waals surface area contributed by atoms with E-state index in [0.29, 0.717) is 16.8 Å². The summed E-state index contributed by atoms with van der Waals surface area (Å²) in [5, 5.41) is 5.54. The van der Waals surface area contributed by atoms with Crippen molar-refractivity contribution in [1.82, 2.24) is 9.55 Å². The molecule has 6 heteroatoms. The van der Waals surface area contributed by atoms with E-state index in [2.05, 4.69) is 34.8 Å². The smallest absolute Gasteiger partial charge is 0.257 e. The van der Waals surface area contributed by atoms with Crippen LogP contribution in [0.2, 0.25) is 0 Å². The molecule has 3 heterocycles. The summed E-state index contributed by atoms with van der Waals surface area (Å²) >= 11 is 1.45. The number of thiazole rings is 1. The topological polar surface area (TPSA) is 56.2 Å². The van der Waals surface area contributed by atoms with Crippen molar-refractivity contribution < 1.29 is 9.53 Å². The number of aryl methyl sites for hydroxylation is 2. The van der Waals surface area contributed by atoms with Crippen LogP contribution in [0, 0.1) is 20.8 Å². The van der Waals surface area contributed by atoms with Crippen molar-refractivity contribution >= 4 is 22.4 Å². The van der Waals surface area contributed by atoms with Crippen LogP contribution in [0.25, 0.3) is 11.3 Å². The molecule has 1 amide bonds. The van der Waals surface area contributed by atoms with E-state index in [0.717, 1.165) is 42.8 Å². The van der Waals surface area contributed by atoms with Crippen molar-refractivity contribution in [2.24, 2.45) is 0 Å². The molecule has 3 aromatic rings. The minimum absolute atomic E-state index is 0.131. The van der Waals surface area contributed by atoms with Gasteiger partial charge in [-0.05, 0) is 51.8 Å². The third-order valence-corrected chi connectivity index (χ3v) is 6.02. The van der Waals surface area contributed by atoms with Crippen LogP contribution in [0.3, 0.4) is 0 Å². The van der Waals surface area contributed by atoms with Crippen LogP contribution in [0.1, 0.15) is 40.2 Å². The van der Waals surface area contributed by atoms with Crippen LogP contribution in [0.4, 0.5) is 5.13 Å². The number of hydrogen-bond acceptors (Lipinski definition) is 4. The van der Waals surface area contributed by atoms with Gasteiger partial charge in [0.05, 0.1) is 11.8 Å². The average Bonchev–Trinajstić information content (AvgIpc) is 3.40. The molecule has 5 nitrogen and oxygen atoms in total. The lowest BCUT2D eigenvalue weighted by molar-refractivity contribution is 0.0962. The molecule has 1 unspecified atom stereocenters. The highest BCUT2D eigenvalue weighted by atomic mass is 32.1. The van der Waals surface area contributed by atoms with Gasteiger partial charge in [-0.2, -0.15) is 0 Å². The first-order valence-corrected chi connectivity index (χ1v) is 10.5. The highest BCUT2D eigenvalue weighted by Crippen LogP contribution is 2.31. The molecular formula is C22H25N3O2S. The highest BCUT2D eigenvalue weighted by molar-refractivity contribution is 7.14. The molecule has 1 aliphatic heterocycles. The van der Waals surface area contributed by atoms with Gasteiger partial charge < -0.3 is 9.30 Å². The molecule has 0 bridgehead atoms. The summed E-state index contributed by atoms with van der Waals surface area (Å²) in [7, 11) is 0. The van der Waals surface area contributed by atoms with Crippen molar-refractivity contribution in [3.63, 3.8) is 0 Å². The van der Waals surface area contributed by atoms with Crippen LogP contribution in [0.15, 0.2) is 35.7 Å². The van der Waals surface area contributed by atoms with Gasteiger partial charge in [-0.15, -0.1) is 11.3 Å². The fraction of sp³-hybridized carbons (Fsp3) is 0.364. The summed E-state index contributed by atoms with van der Waals surface area (Å²) in [6.45, 7) is 7.98. The number of carbonyl (C=O) groups excluding carboxylic acids is 1. The average molecular weight is 396 g/mol. The van der Waals surface area contributed by atoms with Crippen molar-refractivity contribution in [3.8, 4) is 11.3 Å². The second-order valence-corrected chi connectivity index (χ2v) is 8.25. The van der Waals surface area contributed by atoms with E-state index >= 15 is 0 Å². The van der Waals surface area contributed by atoms with Crippen molar-refractivity contribution in [2.45, 2.75) is 46.3 Å². The second-order valence-electron chi connectivity index (χ2n) is 7.39. The van der Waals surface area contributed by atoms with Gasteiger partial charge in [-0.1, -0.05) is 17.7 Å². The number of carbonyl (C=O) groups is 1. The van der Waals surface area contributed by atoms with Crippen LogP contribution >= 0.6 is 11.3 Å². The van der Waals surface area contributed by atoms with Gasteiger partial charge in [-0.3, -0.25) is 10.1 Å². The zero-order chi connectivity index (χ0) is 19.7. The van der Waals surface area contributed by atoms with Crippen LogP contribution < -0.4 is 5.32 Å². The van der Waals surface area contributed by atoms with Gasteiger partial charge >= 0.3 is 0 Å². The summed E-state index contributed by atoms with van der Waals surface area (Å²) < 4.78 is 8.11. The molecule has 0 radical (unpaired) electrons. The molecule has 146 valence electrons. The maximum atomic E-state index is 12.5. The molecule has 2 aromatic heterocycles. The van der Waals surface area contributed by atoms with Gasteiger partial charge in [-0.25, -0.2) is 4.98 Å². The maximum absolute atomic E-state index is 12.5. The Morgan fingerprint density at radius 2 is 2.18 bits per heavy atom. The SMILES string of the molecule is Cc1cccc(C(=O)Nc2nc(-c3cc(C)n(CC4CCCO4)c3C)cs2)c1. The third kappa shape index (κ3) is 3.88. The minimum atomic E-state index is -0.131. The summed E-state index contributed by atoms with van der Waals surface area (Å²) in [5.74, 6) is -0.131. The van der Waals surface area contributed by atoms with Crippen molar-refractivity contribution in [2.75, 3.05) is 11.9 Å². The molecule has 1 aliphatic rings. The molecular weight excluding hydrogens is 370 g/mol. The fourth-order valence-corrected chi connectivity index (χ4v) is 4.45. The van der Waals surface area contributed by atoms with Gasteiger partial charge in [0.2, 0.25) is 0 Å². The number of anilines is 1. The Kier molecular flexibility index (Phi) is 5.33. The van der Waals surface area contributed by atoms with Crippen molar-refractivity contribution in [3.05, 3.63) is 58.2 Å². The van der Waals surface area contributed by atoms with Crippen LogP contribution in [-0.4, -0.2) is 28.2 Å². The molecule has 4 rings (SSSR count). The number of nitrogens with zero attached hydrogens (tertiary/aromatic N) is 2. The monoisotopic (exact) mass is 395 g/mol. The van der Waals surface area contributed by atoms with E-state index in [1.807, 2.05) is 36.6 Å². The summed E-state index contributed by atoms with van der Waals surface area (Å²) in [6, 6.07) is 9.73. The first-order valence-electron chi connectivity index (χ1n) is 9.63. The first kappa shape index (κ1) is 18.9. The lowest BCUT2D eigenvalue weighted by Crippen LogP contribution is -2.16. The van der Waals surface area contributed by atoms with Gasteiger partial charge in [0.1, 0.15) is 0 Å². The van der Waals surface area contributed by atoms with Gasteiger partial charge in [0.15, 0.2) is 5.13 Å². The minimum Gasteiger partial charge on any atom is -0.376 e. The quantitative estimate of drug-likeness (QED) is 0.664. The van der Waals surface area contributed by atoms with E-state index in [-0.39, 0.29) is 5.91 Å². The summed E-state index contributed by atoms with van der Waals surface area (Å²) in [6.07, 6.45) is 2.57. The number of aromatic nitrogens is 2. The van der Waals surface area contributed by atoms with Crippen molar-refractivity contribution in [1.29, 1.82) is 0 Å². The van der Waals surface area contributed by atoms with Crippen LogP contribution in [0.5, 0.6) is 0 Å². The predicted octanol–water partition coefficient (Wildman–Crippen LogP) is 4.97. The summed E-state index contributed by atoms with van der Waals surface area (Å²) in [5.41, 5.74) is 6.12. The molecule has 1 N–H and O–H groups in total.